The Bertz CT molecular complexity index is 1780. The van der Waals surface area contributed by atoms with Gasteiger partial charge >= 0.3 is 24.9 Å². The van der Waals surface area contributed by atoms with E-state index >= 15 is 0 Å². The topological polar surface area (TPSA) is 94.1 Å². The molecule has 7 nitrogen and oxygen atoms in total. The van der Waals surface area contributed by atoms with Gasteiger partial charge in [0.1, 0.15) is 23.1 Å². The van der Waals surface area contributed by atoms with E-state index < -0.39 is 77.3 Å². The van der Waals surface area contributed by atoms with Gasteiger partial charge in [0.05, 0.1) is 11.1 Å². The van der Waals surface area contributed by atoms with Crippen molar-refractivity contribution in [1.29, 1.82) is 0 Å². The molecule has 0 saturated heterocycles. The minimum Gasteiger partial charge on any atom is -0.479 e. The zero-order valence-electron chi connectivity index (χ0n) is 25.2. The maximum atomic E-state index is 14.1. The fraction of sp³-hybridized carbons (Fsp3) is 0.212. The molecule has 0 aliphatic heterocycles. The van der Waals surface area contributed by atoms with Gasteiger partial charge in [0.2, 0.25) is 0 Å². The smallest absolute Gasteiger partial charge is 0.479 e. The average molecular weight is 720 g/mol. The third-order valence-electron chi connectivity index (χ3n) is 7.03. The molecule has 4 rings (SSSR count). The molecule has 17 heteroatoms. The van der Waals surface area contributed by atoms with Gasteiger partial charge in [-0.1, -0.05) is 36.4 Å². The predicted molar refractivity (Wildman–Crippen MR) is 154 cm³/mol. The Balaban J connectivity index is 1.96. The summed E-state index contributed by atoms with van der Waals surface area (Å²) < 4.78 is 147. The van der Waals surface area contributed by atoms with Gasteiger partial charge in [0.15, 0.2) is 6.10 Å². The van der Waals surface area contributed by atoms with Crippen molar-refractivity contribution in [2.75, 3.05) is 0 Å². The third kappa shape index (κ3) is 9.57. The van der Waals surface area contributed by atoms with Crippen molar-refractivity contribution in [3.8, 4) is 17.2 Å². The van der Waals surface area contributed by atoms with Crippen molar-refractivity contribution in [2.24, 2.45) is 0 Å². The van der Waals surface area contributed by atoms with Crippen LogP contribution in [0, 0.1) is 5.82 Å². The fourth-order valence-electron chi connectivity index (χ4n) is 4.87. The quantitative estimate of drug-likeness (QED) is 0.151. The number of amides is 1. The second-order valence-corrected chi connectivity index (χ2v) is 10.6. The van der Waals surface area contributed by atoms with Crippen LogP contribution in [-0.2, 0) is 22.9 Å². The zero-order chi connectivity index (χ0) is 37.1. The van der Waals surface area contributed by atoms with Crippen LogP contribution in [0.25, 0.3) is 0 Å². The highest BCUT2D eigenvalue weighted by atomic mass is 19.4. The van der Waals surface area contributed by atoms with Gasteiger partial charge in [-0.15, -0.1) is 26.3 Å². The number of carboxylic acid groups (broad SMARTS) is 1. The number of hydrogen-bond donors (Lipinski definition) is 2. The Kier molecular flexibility index (Phi) is 10.6. The average Bonchev–Trinajstić information content (AvgIpc) is 2.99. The van der Waals surface area contributed by atoms with E-state index in [1.54, 1.807) is 0 Å². The Morgan fingerprint density at radius 3 is 1.70 bits per heavy atom. The number of benzene rings is 4. The van der Waals surface area contributed by atoms with Gasteiger partial charge in [-0.05, 0) is 78.2 Å². The van der Waals surface area contributed by atoms with Gasteiger partial charge in [-0.2, -0.15) is 13.2 Å². The first-order chi connectivity index (χ1) is 23.1. The molecule has 2 N–H and O–H groups in total. The molecular formula is C33H23F10NO6. The summed E-state index contributed by atoms with van der Waals surface area (Å²) >= 11 is 0. The lowest BCUT2D eigenvalue weighted by atomic mass is 9.77. The van der Waals surface area contributed by atoms with Crippen molar-refractivity contribution >= 4 is 11.9 Å². The number of rotatable bonds is 11. The summed E-state index contributed by atoms with van der Waals surface area (Å²) in [6.45, 7) is 1.24. The molecule has 266 valence electrons. The lowest BCUT2D eigenvalue weighted by Gasteiger charge is -2.37. The molecule has 1 amide bonds. The summed E-state index contributed by atoms with van der Waals surface area (Å²) in [7, 11) is 0. The number of nitrogens with one attached hydrogen (secondary N) is 1. The number of carbonyl (C=O) groups is 2. The van der Waals surface area contributed by atoms with E-state index in [0.717, 1.165) is 36.4 Å². The van der Waals surface area contributed by atoms with Gasteiger partial charge in [0, 0.05) is 12.0 Å². The Morgan fingerprint density at radius 1 is 0.720 bits per heavy atom. The Hall–Kier alpha value is -5.48. The normalized spacial score (nSPS) is 12.9. The van der Waals surface area contributed by atoms with Crippen LogP contribution in [0.5, 0.6) is 17.2 Å². The molecule has 4 aromatic rings. The van der Waals surface area contributed by atoms with E-state index in [9.17, 15) is 53.5 Å². The summed E-state index contributed by atoms with van der Waals surface area (Å²) in [6.07, 6.45) is -17.5. The van der Waals surface area contributed by atoms with E-state index in [2.05, 4.69) is 14.8 Å². The second kappa shape index (κ2) is 14.2. The first-order valence-electron chi connectivity index (χ1n) is 14.1. The number of alkyl halides is 9. The SMILES string of the molecule is CC(Oc1ccc(CC(NC(=O)c2ccc(F)c(C(F)(F)F)c2)(c2cccc(OC(F)(F)F)c2)c2cccc(OC(F)(F)F)c2)cc1)C(=O)O. The van der Waals surface area contributed by atoms with Crippen LogP contribution in [0.15, 0.2) is 91.0 Å². The van der Waals surface area contributed by atoms with E-state index in [1.807, 2.05) is 0 Å². The lowest BCUT2D eigenvalue weighted by Crippen LogP contribution is -2.48. The third-order valence-corrected chi connectivity index (χ3v) is 7.03. The van der Waals surface area contributed by atoms with Gasteiger partial charge in [-0.25, -0.2) is 9.18 Å². The summed E-state index contributed by atoms with van der Waals surface area (Å²) in [5, 5.41) is 11.6. The van der Waals surface area contributed by atoms with Gasteiger partial charge < -0.3 is 24.6 Å². The maximum absolute atomic E-state index is 14.1. The van der Waals surface area contributed by atoms with Crippen molar-refractivity contribution in [2.45, 2.75) is 43.9 Å². The molecule has 1 atom stereocenters. The number of ether oxygens (including phenoxy) is 3. The van der Waals surface area contributed by atoms with E-state index in [1.165, 1.54) is 43.3 Å². The molecule has 0 radical (unpaired) electrons. The van der Waals surface area contributed by atoms with Crippen LogP contribution < -0.4 is 19.5 Å². The van der Waals surface area contributed by atoms with Crippen LogP contribution in [0.2, 0.25) is 0 Å². The van der Waals surface area contributed by atoms with Crippen LogP contribution in [-0.4, -0.2) is 35.8 Å². The van der Waals surface area contributed by atoms with Crippen LogP contribution in [0.1, 0.15) is 39.5 Å². The van der Waals surface area contributed by atoms with Crippen LogP contribution in [0.4, 0.5) is 43.9 Å². The van der Waals surface area contributed by atoms with E-state index in [4.69, 9.17) is 9.84 Å². The maximum Gasteiger partial charge on any atom is 0.573 e. The Morgan fingerprint density at radius 2 is 1.24 bits per heavy atom. The molecule has 0 bridgehead atoms. The minimum atomic E-state index is -5.24. The first-order valence-corrected chi connectivity index (χ1v) is 14.1. The monoisotopic (exact) mass is 719 g/mol. The fourth-order valence-corrected chi connectivity index (χ4v) is 4.87. The highest BCUT2D eigenvalue weighted by Crippen LogP contribution is 2.39. The molecule has 0 spiro atoms. The molecular weight excluding hydrogens is 696 g/mol. The molecule has 0 aliphatic carbocycles. The van der Waals surface area contributed by atoms with Crippen molar-refractivity contribution < 1.29 is 72.8 Å². The summed E-state index contributed by atoms with van der Waals surface area (Å²) in [4.78, 5) is 25.0. The van der Waals surface area contributed by atoms with Crippen LogP contribution >= 0.6 is 0 Å². The molecule has 0 heterocycles. The highest BCUT2D eigenvalue weighted by molar-refractivity contribution is 5.95. The first kappa shape index (κ1) is 37.3. The zero-order valence-corrected chi connectivity index (χ0v) is 25.2. The van der Waals surface area contributed by atoms with Crippen molar-refractivity contribution in [3.63, 3.8) is 0 Å². The number of carbonyl (C=O) groups excluding carboxylic acids is 1. The summed E-state index contributed by atoms with van der Waals surface area (Å²) in [6, 6.07) is 14.4. The van der Waals surface area contributed by atoms with Crippen molar-refractivity contribution in [3.05, 3.63) is 125 Å². The summed E-state index contributed by atoms with van der Waals surface area (Å²) in [5.74, 6) is -5.96. The standard InChI is InChI=1S/C33H23F10NO6/c1-18(29(46)47)48-23-11-8-19(9-12-23)17-30(21-4-2-6-24(15-21)49-32(38,39)40,22-5-3-7-25(16-22)50-33(41,42)43)44-28(45)20-10-13-27(34)26(14-20)31(35,36)37/h2-16,18H,17H2,1H3,(H,44,45)(H,46,47). The van der Waals surface area contributed by atoms with Gasteiger partial charge in [-0.3, -0.25) is 4.79 Å². The largest absolute Gasteiger partial charge is 0.573 e. The van der Waals surface area contributed by atoms with Crippen molar-refractivity contribution in [1.82, 2.24) is 5.32 Å². The van der Waals surface area contributed by atoms with Gasteiger partial charge in [0.25, 0.3) is 5.91 Å². The molecule has 0 fully saturated rings. The molecule has 50 heavy (non-hydrogen) atoms. The number of aliphatic carboxylic acids is 1. The minimum absolute atomic E-state index is 0.0467. The predicted octanol–water partition coefficient (Wildman–Crippen LogP) is 8.41. The number of carboxylic acids is 1. The Labute approximate surface area is 276 Å². The molecule has 1 unspecified atom stereocenters. The second-order valence-electron chi connectivity index (χ2n) is 10.6. The molecule has 0 aromatic heterocycles. The molecule has 0 aliphatic rings. The number of hydrogen-bond acceptors (Lipinski definition) is 5. The van der Waals surface area contributed by atoms with Crippen LogP contribution in [0.3, 0.4) is 0 Å². The number of halogens is 10. The molecule has 0 saturated carbocycles. The molecule has 4 aromatic carbocycles. The lowest BCUT2D eigenvalue weighted by molar-refractivity contribution is -0.275. The summed E-state index contributed by atoms with van der Waals surface area (Å²) in [5.41, 5.74) is -5.09. The highest BCUT2D eigenvalue weighted by Gasteiger charge is 2.41. The van der Waals surface area contributed by atoms with E-state index in [-0.39, 0.29) is 28.5 Å². The van der Waals surface area contributed by atoms with E-state index in [0.29, 0.717) is 12.1 Å².